The zero-order chi connectivity index (χ0) is 21.7. The molecule has 0 bridgehead atoms. The van der Waals surface area contributed by atoms with Crippen LogP contribution in [0.1, 0.15) is 59.1 Å². The van der Waals surface area contributed by atoms with Crippen molar-refractivity contribution in [2.24, 2.45) is 17.8 Å². The van der Waals surface area contributed by atoms with E-state index in [9.17, 15) is 9.18 Å². The van der Waals surface area contributed by atoms with Gasteiger partial charge in [0.2, 0.25) is 5.91 Å². The Kier molecular flexibility index (Phi) is 8.12. The van der Waals surface area contributed by atoms with Crippen LogP contribution in [0.2, 0.25) is 0 Å². The number of carbonyl (C=O) groups excluding carboxylic acids is 1. The molecule has 4 nitrogen and oxygen atoms in total. The first-order valence-corrected chi connectivity index (χ1v) is 10.7. The van der Waals surface area contributed by atoms with Crippen LogP contribution in [0, 0.1) is 17.8 Å². The molecule has 1 amide bonds. The van der Waals surface area contributed by atoms with E-state index in [4.69, 9.17) is 4.74 Å². The summed E-state index contributed by atoms with van der Waals surface area (Å²) in [6, 6.07) is 5.86. The molecule has 0 saturated heterocycles. The molecule has 1 heterocycles. The van der Waals surface area contributed by atoms with Crippen LogP contribution < -0.4 is 15.4 Å². The molecule has 0 radical (unpaired) electrons. The van der Waals surface area contributed by atoms with Gasteiger partial charge in [0.25, 0.3) is 0 Å². The van der Waals surface area contributed by atoms with Gasteiger partial charge >= 0.3 is 0 Å². The quantitative estimate of drug-likeness (QED) is 0.623. The van der Waals surface area contributed by atoms with Crippen molar-refractivity contribution in [1.82, 2.24) is 10.6 Å². The maximum Gasteiger partial charge on any atom is 0.250 e. The largest absolute Gasteiger partial charge is 0.496 e. The van der Waals surface area contributed by atoms with E-state index in [-0.39, 0.29) is 18.0 Å². The van der Waals surface area contributed by atoms with E-state index in [1.165, 1.54) is 0 Å². The minimum atomic E-state index is -0.918. The molecule has 29 heavy (non-hydrogen) atoms. The monoisotopic (exact) mass is 404 g/mol. The van der Waals surface area contributed by atoms with Crippen molar-refractivity contribution in [1.29, 1.82) is 0 Å². The fourth-order valence-electron chi connectivity index (χ4n) is 4.15. The summed E-state index contributed by atoms with van der Waals surface area (Å²) in [4.78, 5) is 12.6. The molecule has 4 unspecified atom stereocenters. The smallest absolute Gasteiger partial charge is 0.250 e. The van der Waals surface area contributed by atoms with E-state index < -0.39 is 6.17 Å². The fraction of sp³-hybridized carbons (Fsp3) is 0.625. The van der Waals surface area contributed by atoms with Gasteiger partial charge in [-0.3, -0.25) is 4.79 Å². The lowest BCUT2D eigenvalue weighted by atomic mass is 9.84. The molecule has 0 aliphatic carbocycles. The van der Waals surface area contributed by atoms with Crippen LogP contribution in [0.4, 0.5) is 4.39 Å². The van der Waals surface area contributed by atoms with Crippen LogP contribution in [-0.2, 0) is 17.6 Å². The molecule has 1 aliphatic rings. The molecule has 162 valence electrons. The number of alkyl halides is 1. The number of methoxy groups -OCH3 is 1. The second-order valence-corrected chi connectivity index (χ2v) is 8.94. The van der Waals surface area contributed by atoms with Gasteiger partial charge < -0.3 is 15.4 Å². The van der Waals surface area contributed by atoms with E-state index in [1.54, 1.807) is 14.0 Å². The van der Waals surface area contributed by atoms with Gasteiger partial charge in [-0.25, -0.2) is 4.39 Å². The molecule has 0 spiro atoms. The number of nitrogens with one attached hydrogen (secondary N) is 2. The molecule has 1 aromatic carbocycles. The zero-order valence-electron chi connectivity index (χ0n) is 18.9. The van der Waals surface area contributed by atoms with E-state index >= 15 is 0 Å². The summed E-state index contributed by atoms with van der Waals surface area (Å²) < 4.78 is 18.9. The summed E-state index contributed by atoms with van der Waals surface area (Å²) in [5, 5.41) is 6.62. The van der Waals surface area contributed by atoms with Gasteiger partial charge in [0.15, 0.2) is 0 Å². The lowest BCUT2D eigenvalue weighted by Crippen LogP contribution is -2.52. The Bertz CT molecular complexity index is 742. The zero-order valence-corrected chi connectivity index (χ0v) is 18.9. The highest BCUT2D eigenvalue weighted by Gasteiger charge is 2.29. The standard InChI is InChI=1S/C24H37FN2O2/c1-14(2)10-15(3)17(5)23-18(6)24(28)27-22(26-23)13-19-8-9-20(11-16(4)25)21(12-19)29-7/h8-9,12,14-17,22,26H,10-11,13H2,1-7H3,(H,27,28). The van der Waals surface area contributed by atoms with Crippen LogP contribution in [0.25, 0.3) is 0 Å². The minimum absolute atomic E-state index is 0.0119. The average Bonchev–Trinajstić information content (AvgIpc) is 2.64. The molecular weight excluding hydrogens is 367 g/mol. The van der Waals surface area contributed by atoms with Crippen molar-refractivity contribution >= 4 is 5.91 Å². The Morgan fingerprint density at radius 3 is 2.41 bits per heavy atom. The van der Waals surface area contributed by atoms with E-state index in [2.05, 4.69) is 38.3 Å². The summed E-state index contributed by atoms with van der Waals surface area (Å²) >= 11 is 0. The lowest BCUT2D eigenvalue weighted by molar-refractivity contribution is -0.119. The minimum Gasteiger partial charge on any atom is -0.496 e. The molecule has 4 atom stereocenters. The second-order valence-electron chi connectivity index (χ2n) is 8.94. The van der Waals surface area contributed by atoms with Crippen molar-refractivity contribution in [2.75, 3.05) is 7.11 Å². The van der Waals surface area contributed by atoms with Gasteiger partial charge in [-0.1, -0.05) is 39.8 Å². The summed E-state index contributed by atoms with van der Waals surface area (Å²) in [6.07, 6.45) is 0.997. The number of rotatable bonds is 9. The molecule has 0 fully saturated rings. The van der Waals surface area contributed by atoms with Crippen molar-refractivity contribution in [3.8, 4) is 5.75 Å². The van der Waals surface area contributed by atoms with Crippen LogP contribution in [0.3, 0.4) is 0 Å². The Morgan fingerprint density at radius 2 is 1.83 bits per heavy atom. The second kappa shape index (κ2) is 10.1. The van der Waals surface area contributed by atoms with Crippen LogP contribution in [0.5, 0.6) is 5.75 Å². The number of amides is 1. The highest BCUT2D eigenvalue weighted by atomic mass is 19.1. The number of ether oxygens (including phenoxy) is 1. The van der Waals surface area contributed by atoms with Gasteiger partial charge in [-0.15, -0.1) is 0 Å². The number of carbonyl (C=O) groups is 1. The predicted octanol–water partition coefficient (Wildman–Crippen LogP) is 4.78. The Morgan fingerprint density at radius 1 is 1.14 bits per heavy atom. The van der Waals surface area contributed by atoms with E-state index in [0.717, 1.165) is 28.8 Å². The van der Waals surface area contributed by atoms with Gasteiger partial charge in [0.1, 0.15) is 18.1 Å². The molecule has 0 saturated carbocycles. The fourth-order valence-corrected chi connectivity index (χ4v) is 4.15. The Labute approximate surface area is 175 Å². The summed E-state index contributed by atoms with van der Waals surface area (Å²) in [5.41, 5.74) is 3.71. The van der Waals surface area contributed by atoms with Crippen molar-refractivity contribution < 1.29 is 13.9 Å². The van der Waals surface area contributed by atoms with E-state index in [0.29, 0.717) is 30.4 Å². The summed E-state index contributed by atoms with van der Waals surface area (Å²) in [5.74, 6) is 2.08. The first kappa shape index (κ1) is 23.2. The highest BCUT2D eigenvalue weighted by molar-refractivity contribution is 5.94. The number of allylic oxidation sites excluding steroid dienone is 1. The first-order chi connectivity index (χ1) is 13.6. The van der Waals surface area contributed by atoms with Crippen LogP contribution in [0.15, 0.2) is 29.5 Å². The molecule has 2 N–H and O–H groups in total. The third kappa shape index (κ3) is 6.22. The predicted molar refractivity (Wildman–Crippen MR) is 117 cm³/mol. The first-order valence-electron chi connectivity index (χ1n) is 10.7. The third-order valence-corrected chi connectivity index (χ3v) is 5.82. The maximum absolute atomic E-state index is 13.4. The lowest BCUT2D eigenvalue weighted by Gasteiger charge is -2.34. The molecule has 5 heteroatoms. The van der Waals surface area contributed by atoms with Crippen molar-refractivity contribution in [2.45, 2.75) is 73.1 Å². The van der Waals surface area contributed by atoms with Gasteiger partial charge in [0.05, 0.1) is 7.11 Å². The third-order valence-electron chi connectivity index (χ3n) is 5.82. The maximum atomic E-state index is 13.4. The number of hydrogen-bond acceptors (Lipinski definition) is 3. The summed E-state index contributed by atoms with van der Waals surface area (Å²) in [7, 11) is 1.61. The number of benzene rings is 1. The summed E-state index contributed by atoms with van der Waals surface area (Å²) in [6.45, 7) is 12.4. The SMILES string of the molecule is COc1cc(CC2NC(=O)C(C)=C(C(C)C(C)CC(C)C)N2)ccc1CC(C)F. The Hall–Kier alpha value is -2.04. The van der Waals surface area contributed by atoms with Gasteiger partial charge in [-0.2, -0.15) is 0 Å². The van der Waals surface area contributed by atoms with Gasteiger partial charge in [-0.05, 0) is 55.2 Å². The van der Waals surface area contributed by atoms with Crippen molar-refractivity contribution in [3.63, 3.8) is 0 Å². The molecule has 1 aliphatic heterocycles. The van der Waals surface area contributed by atoms with E-state index in [1.807, 2.05) is 25.1 Å². The number of halogens is 1. The topological polar surface area (TPSA) is 50.4 Å². The Balaban J connectivity index is 2.15. The number of hydrogen-bond donors (Lipinski definition) is 2. The normalized spacial score (nSPS) is 20.2. The molecule has 1 aromatic rings. The van der Waals surface area contributed by atoms with Crippen molar-refractivity contribution in [3.05, 3.63) is 40.6 Å². The highest BCUT2D eigenvalue weighted by Crippen LogP contribution is 2.29. The molecular formula is C24H37FN2O2. The van der Waals surface area contributed by atoms with Gasteiger partial charge in [0, 0.05) is 24.1 Å². The average molecular weight is 405 g/mol. The molecule has 0 aromatic heterocycles. The molecule has 2 rings (SSSR count). The van der Waals surface area contributed by atoms with Crippen LogP contribution in [-0.4, -0.2) is 25.4 Å². The van der Waals surface area contributed by atoms with Crippen LogP contribution >= 0.6 is 0 Å².